The van der Waals surface area contributed by atoms with Gasteiger partial charge in [0.15, 0.2) is 0 Å². The van der Waals surface area contributed by atoms with Crippen molar-refractivity contribution in [3.05, 3.63) is 44.9 Å². The zero-order valence-electron chi connectivity index (χ0n) is 9.45. The van der Waals surface area contributed by atoms with Gasteiger partial charge in [-0.15, -0.1) is 0 Å². The molecule has 6 heteroatoms. The highest BCUT2D eigenvalue weighted by Gasteiger charge is 2.13. The van der Waals surface area contributed by atoms with Crippen molar-refractivity contribution in [3.63, 3.8) is 0 Å². The van der Waals surface area contributed by atoms with Crippen LogP contribution in [0.15, 0.2) is 28.7 Å². The van der Waals surface area contributed by atoms with Crippen LogP contribution in [0, 0.1) is 0 Å². The minimum atomic E-state index is 0.390. The summed E-state index contributed by atoms with van der Waals surface area (Å²) in [4.78, 5) is 8.52. The van der Waals surface area contributed by atoms with E-state index in [2.05, 4.69) is 25.9 Å². The molecular weight excluding hydrogens is 355 g/mol. The molecule has 18 heavy (non-hydrogen) atoms. The Morgan fingerprint density at radius 3 is 2.17 bits per heavy atom. The maximum Gasteiger partial charge on any atom is 0.142 e. The molecule has 0 aliphatic heterocycles. The molecule has 0 saturated heterocycles. The minimum Gasteiger partial charge on any atom is -0.220 e. The number of hydrogen-bond acceptors (Lipinski definition) is 3. The Hall–Kier alpha value is -0.290. The third-order valence-corrected chi connectivity index (χ3v) is 3.90. The van der Waals surface area contributed by atoms with Crippen LogP contribution >= 0.6 is 50.9 Å². The standard InChI is InChI=1S/C12H9BrCl2N2S/c1-18-6-9-16-11(14)10(12(15)17-9)7-2-4-8(13)5-3-7/h2-5H,6H2,1H3. The van der Waals surface area contributed by atoms with Gasteiger partial charge in [0.05, 0.1) is 11.3 Å². The first-order valence-electron chi connectivity index (χ1n) is 5.08. The maximum atomic E-state index is 6.19. The lowest BCUT2D eigenvalue weighted by atomic mass is 10.1. The van der Waals surface area contributed by atoms with E-state index in [-0.39, 0.29) is 0 Å². The van der Waals surface area contributed by atoms with Gasteiger partial charge in [0, 0.05) is 4.47 Å². The molecule has 1 aromatic heterocycles. The highest BCUT2D eigenvalue weighted by molar-refractivity contribution is 9.10. The molecule has 1 heterocycles. The lowest BCUT2D eigenvalue weighted by Crippen LogP contribution is -1.96. The summed E-state index contributed by atoms with van der Waals surface area (Å²) in [6.07, 6.45) is 1.98. The summed E-state index contributed by atoms with van der Waals surface area (Å²) in [7, 11) is 0. The number of halogens is 3. The van der Waals surface area contributed by atoms with Gasteiger partial charge >= 0.3 is 0 Å². The van der Waals surface area contributed by atoms with Crippen LogP contribution in [0.3, 0.4) is 0 Å². The van der Waals surface area contributed by atoms with Crippen molar-refractivity contribution in [2.75, 3.05) is 6.26 Å². The van der Waals surface area contributed by atoms with E-state index in [1.807, 2.05) is 30.5 Å². The average molecular weight is 364 g/mol. The molecule has 1 aromatic carbocycles. The molecule has 0 radical (unpaired) electrons. The largest absolute Gasteiger partial charge is 0.220 e. The summed E-state index contributed by atoms with van der Waals surface area (Å²) in [6, 6.07) is 7.71. The van der Waals surface area contributed by atoms with Crippen molar-refractivity contribution in [1.29, 1.82) is 0 Å². The van der Waals surface area contributed by atoms with Gasteiger partial charge in [-0.25, -0.2) is 9.97 Å². The summed E-state index contributed by atoms with van der Waals surface area (Å²) in [5.74, 6) is 1.35. The van der Waals surface area contributed by atoms with Crippen LogP contribution in [0.1, 0.15) is 5.82 Å². The van der Waals surface area contributed by atoms with Crippen LogP contribution in [0.5, 0.6) is 0 Å². The molecule has 94 valence electrons. The second-order valence-electron chi connectivity index (χ2n) is 3.54. The van der Waals surface area contributed by atoms with Gasteiger partial charge in [-0.1, -0.05) is 51.3 Å². The van der Waals surface area contributed by atoms with Gasteiger partial charge in [0.2, 0.25) is 0 Å². The van der Waals surface area contributed by atoms with Gasteiger partial charge in [0.1, 0.15) is 16.1 Å². The molecule has 0 aliphatic rings. The predicted molar refractivity (Wildman–Crippen MR) is 82.4 cm³/mol. The van der Waals surface area contributed by atoms with Crippen molar-refractivity contribution >= 4 is 50.9 Å². The molecule has 2 rings (SSSR count). The molecule has 0 N–H and O–H groups in total. The van der Waals surface area contributed by atoms with E-state index in [1.54, 1.807) is 11.8 Å². The van der Waals surface area contributed by atoms with Crippen LogP contribution < -0.4 is 0 Å². The molecule has 0 bridgehead atoms. The van der Waals surface area contributed by atoms with E-state index in [4.69, 9.17) is 23.2 Å². The second-order valence-corrected chi connectivity index (χ2v) is 6.03. The van der Waals surface area contributed by atoms with Gasteiger partial charge in [-0.2, -0.15) is 11.8 Å². The highest BCUT2D eigenvalue weighted by atomic mass is 79.9. The molecule has 0 fully saturated rings. The highest BCUT2D eigenvalue weighted by Crippen LogP contribution is 2.33. The maximum absolute atomic E-state index is 6.19. The molecule has 0 unspecified atom stereocenters. The molecule has 0 saturated carbocycles. The van der Waals surface area contributed by atoms with Crippen LogP contribution in [0.2, 0.25) is 10.3 Å². The fourth-order valence-electron chi connectivity index (χ4n) is 1.50. The molecule has 2 aromatic rings. The Morgan fingerprint density at radius 2 is 1.67 bits per heavy atom. The lowest BCUT2D eigenvalue weighted by Gasteiger charge is -2.08. The van der Waals surface area contributed by atoms with E-state index >= 15 is 0 Å². The number of benzene rings is 1. The zero-order valence-corrected chi connectivity index (χ0v) is 13.4. The fraction of sp³-hybridized carbons (Fsp3) is 0.167. The Bertz CT molecular complexity index is 537. The Labute approximate surface area is 128 Å². The first kappa shape index (κ1) is 14.1. The summed E-state index contributed by atoms with van der Waals surface area (Å²) < 4.78 is 0.999. The van der Waals surface area contributed by atoms with Gasteiger partial charge in [-0.05, 0) is 24.0 Å². The lowest BCUT2D eigenvalue weighted by molar-refractivity contribution is 1.04. The second kappa shape index (κ2) is 6.24. The van der Waals surface area contributed by atoms with E-state index in [0.29, 0.717) is 27.4 Å². The first-order valence-corrected chi connectivity index (χ1v) is 8.03. The summed E-state index contributed by atoms with van der Waals surface area (Å²) in [6.45, 7) is 0. The number of hydrogen-bond donors (Lipinski definition) is 0. The molecule has 0 spiro atoms. The number of aromatic nitrogens is 2. The van der Waals surface area contributed by atoms with E-state index in [1.165, 1.54) is 0 Å². The smallest absolute Gasteiger partial charge is 0.142 e. The topological polar surface area (TPSA) is 25.8 Å². The number of rotatable bonds is 3. The van der Waals surface area contributed by atoms with Crippen LogP contribution in [0.4, 0.5) is 0 Å². The van der Waals surface area contributed by atoms with Crippen molar-refractivity contribution in [2.24, 2.45) is 0 Å². The number of nitrogens with zero attached hydrogens (tertiary/aromatic N) is 2. The average Bonchev–Trinajstić information content (AvgIpc) is 2.31. The Balaban J connectivity index is 2.48. The molecule has 0 amide bonds. The predicted octanol–water partition coefficient (Wildman–Crippen LogP) is 5.08. The summed E-state index contributed by atoms with van der Waals surface area (Å²) in [5.41, 5.74) is 1.58. The Kier molecular flexibility index (Phi) is 4.90. The van der Waals surface area contributed by atoms with Crippen molar-refractivity contribution in [1.82, 2.24) is 9.97 Å². The van der Waals surface area contributed by atoms with E-state index in [0.717, 1.165) is 10.0 Å². The third kappa shape index (κ3) is 3.18. The third-order valence-electron chi connectivity index (χ3n) is 2.27. The summed E-state index contributed by atoms with van der Waals surface area (Å²) >= 11 is 17.4. The molecule has 2 nitrogen and oxygen atoms in total. The molecular formula is C12H9BrCl2N2S. The first-order chi connectivity index (χ1) is 8.61. The quantitative estimate of drug-likeness (QED) is 0.711. The summed E-state index contributed by atoms with van der Waals surface area (Å²) in [5, 5.41) is 0.780. The van der Waals surface area contributed by atoms with Crippen molar-refractivity contribution < 1.29 is 0 Å². The SMILES string of the molecule is CSCc1nc(Cl)c(-c2ccc(Br)cc2)c(Cl)n1. The molecule has 0 atom stereocenters. The number of thioether (sulfide) groups is 1. The van der Waals surface area contributed by atoms with E-state index in [9.17, 15) is 0 Å². The van der Waals surface area contributed by atoms with E-state index < -0.39 is 0 Å². The zero-order chi connectivity index (χ0) is 13.1. The van der Waals surface area contributed by atoms with Gasteiger partial charge in [0.25, 0.3) is 0 Å². The van der Waals surface area contributed by atoms with Crippen LogP contribution in [-0.4, -0.2) is 16.2 Å². The van der Waals surface area contributed by atoms with Crippen LogP contribution in [-0.2, 0) is 5.75 Å². The molecule has 0 aliphatic carbocycles. The normalized spacial score (nSPS) is 10.7. The minimum absolute atomic E-state index is 0.390. The van der Waals surface area contributed by atoms with Crippen molar-refractivity contribution in [3.8, 4) is 11.1 Å². The fourth-order valence-corrected chi connectivity index (χ4v) is 2.79. The van der Waals surface area contributed by atoms with Gasteiger partial charge < -0.3 is 0 Å². The van der Waals surface area contributed by atoms with Gasteiger partial charge in [-0.3, -0.25) is 0 Å². The Morgan fingerprint density at radius 1 is 1.11 bits per heavy atom. The monoisotopic (exact) mass is 362 g/mol. The van der Waals surface area contributed by atoms with Crippen molar-refractivity contribution in [2.45, 2.75) is 5.75 Å². The van der Waals surface area contributed by atoms with Crippen LogP contribution in [0.25, 0.3) is 11.1 Å².